The molecule has 0 aromatic heterocycles. The molecular weight excluding hydrogens is 410 g/mol. The number of benzene rings is 1. The summed E-state index contributed by atoms with van der Waals surface area (Å²) in [5.41, 5.74) is 0. The molecule has 1 aromatic carbocycles. The van der Waals surface area contributed by atoms with Crippen LogP contribution in [0.1, 0.15) is 20.8 Å². The lowest BCUT2D eigenvalue weighted by molar-refractivity contribution is 0.600. The zero-order chi connectivity index (χ0) is 18.2. The number of hydrogen-bond donors (Lipinski definition) is 2. The van der Waals surface area contributed by atoms with Gasteiger partial charge in [-0.25, -0.2) is 8.42 Å². The van der Waals surface area contributed by atoms with Crippen LogP contribution in [0, 0.1) is 0 Å². The summed E-state index contributed by atoms with van der Waals surface area (Å²) in [5, 5.41) is 6.21. The fourth-order valence-corrected chi connectivity index (χ4v) is 3.60. The molecule has 0 heterocycles. The van der Waals surface area contributed by atoms with Gasteiger partial charge in [0.1, 0.15) is 9.84 Å². The summed E-state index contributed by atoms with van der Waals surface area (Å²) >= 11 is 5.20. The third kappa shape index (κ3) is 9.54. The van der Waals surface area contributed by atoms with E-state index in [9.17, 15) is 8.42 Å². The Bertz CT molecular complexity index is 644. The van der Waals surface area contributed by atoms with Crippen LogP contribution < -0.4 is 10.6 Å². The second kappa shape index (κ2) is 9.68. The van der Waals surface area contributed by atoms with E-state index >= 15 is 0 Å². The summed E-state index contributed by atoms with van der Waals surface area (Å²) in [7, 11) is -2.98. The lowest BCUT2D eigenvalue weighted by Gasteiger charge is -2.22. The monoisotopic (exact) mass is 435 g/mol. The van der Waals surface area contributed by atoms with Gasteiger partial charge in [-0.3, -0.25) is 4.99 Å². The fourth-order valence-electron chi connectivity index (χ4n) is 1.82. The molecule has 0 unspecified atom stereocenters. The highest BCUT2D eigenvalue weighted by Crippen LogP contribution is 2.33. The normalized spacial score (nSPS) is 13.0. The number of guanidine groups is 1. The van der Waals surface area contributed by atoms with E-state index in [0.717, 1.165) is 11.0 Å². The van der Waals surface area contributed by atoms with Gasteiger partial charge < -0.3 is 10.6 Å². The number of hydrogen-bond acceptors (Lipinski definition) is 4. The van der Waals surface area contributed by atoms with Gasteiger partial charge in [-0.15, -0.1) is 11.8 Å². The van der Waals surface area contributed by atoms with Crippen molar-refractivity contribution >= 4 is 43.5 Å². The predicted molar refractivity (Wildman–Crippen MR) is 108 cm³/mol. The molecule has 2 N–H and O–H groups in total. The minimum atomic E-state index is -2.98. The van der Waals surface area contributed by atoms with Gasteiger partial charge in [0, 0.05) is 33.5 Å². The van der Waals surface area contributed by atoms with E-state index in [1.807, 2.05) is 19.1 Å². The second-order valence-corrected chi connectivity index (χ2v) is 11.0. The summed E-state index contributed by atoms with van der Waals surface area (Å²) < 4.78 is 23.4. The predicted octanol–water partition coefficient (Wildman–Crippen LogP) is 2.92. The molecule has 0 aliphatic carbocycles. The van der Waals surface area contributed by atoms with Gasteiger partial charge in [-0.2, -0.15) is 0 Å². The van der Waals surface area contributed by atoms with Gasteiger partial charge in [0.25, 0.3) is 0 Å². The molecule has 0 saturated carbocycles. The molecule has 24 heavy (non-hydrogen) atoms. The van der Waals surface area contributed by atoms with Crippen molar-refractivity contribution in [2.24, 2.45) is 4.99 Å². The summed E-state index contributed by atoms with van der Waals surface area (Å²) in [4.78, 5) is 5.78. The Labute approximate surface area is 158 Å². The maximum atomic E-state index is 11.2. The van der Waals surface area contributed by atoms with Gasteiger partial charge >= 0.3 is 0 Å². The first kappa shape index (κ1) is 21.3. The smallest absolute Gasteiger partial charge is 0.191 e. The third-order valence-electron chi connectivity index (χ3n) is 2.94. The lowest BCUT2D eigenvalue weighted by Crippen LogP contribution is -2.40. The highest BCUT2D eigenvalue weighted by molar-refractivity contribution is 9.10. The first-order valence-corrected chi connectivity index (χ1v) is 11.4. The molecule has 0 saturated heterocycles. The summed E-state index contributed by atoms with van der Waals surface area (Å²) in [5.74, 6) is 0.736. The molecule has 0 spiro atoms. The maximum absolute atomic E-state index is 11.2. The Morgan fingerprint density at radius 3 is 2.42 bits per heavy atom. The largest absolute Gasteiger partial charge is 0.357 e. The highest BCUT2D eigenvalue weighted by Gasteiger charge is 2.19. The van der Waals surface area contributed by atoms with Crippen molar-refractivity contribution in [2.45, 2.75) is 30.4 Å². The van der Waals surface area contributed by atoms with E-state index < -0.39 is 9.84 Å². The molecule has 0 amide bonds. The van der Waals surface area contributed by atoms with Crippen molar-refractivity contribution in [2.75, 3.05) is 31.6 Å². The molecule has 0 bridgehead atoms. The second-order valence-electron chi connectivity index (χ2n) is 6.07. The van der Waals surface area contributed by atoms with Crippen LogP contribution in [-0.2, 0) is 9.84 Å². The van der Waals surface area contributed by atoms with Gasteiger partial charge in [-0.05, 0) is 45.0 Å². The zero-order valence-electron chi connectivity index (χ0n) is 14.6. The molecule has 8 heteroatoms. The number of nitrogens with one attached hydrogen (secondary N) is 2. The first-order chi connectivity index (χ1) is 11.1. The van der Waals surface area contributed by atoms with Crippen LogP contribution in [0.3, 0.4) is 0 Å². The summed E-state index contributed by atoms with van der Waals surface area (Å²) in [6, 6.07) is 8.21. The quantitative estimate of drug-likeness (QED) is 0.373. The van der Waals surface area contributed by atoms with Gasteiger partial charge in [0.05, 0.1) is 12.3 Å². The Balaban J connectivity index is 2.63. The molecule has 1 rings (SSSR count). The van der Waals surface area contributed by atoms with E-state index in [1.165, 1.54) is 11.2 Å². The molecule has 1 aromatic rings. The fraction of sp³-hybridized carbons (Fsp3) is 0.562. The van der Waals surface area contributed by atoms with Gasteiger partial charge in [0.2, 0.25) is 0 Å². The van der Waals surface area contributed by atoms with Crippen molar-refractivity contribution < 1.29 is 8.42 Å². The van der Waals surface area contributed by atoms with E-state index in [-0.39, 0.29) is 10.5 Å². The van der Waals surface area contributed by atoms with E-state index in [0.29, 0.717) is 19.0 Å². The Kier molecular flexibility index (Phi) is 8.59. The third-order valence-corrected chi connectivity index (χ3v) is 5.60. The van der Waals surface area contributed by atoms with Crippen molar-refractivity contribution in [3.63, 3.8) is 0 Å². The topological polar surface area (TPSA) is 70.6 Å². The SMILES string of the molecule is CCNC(=NCC(C)(C)Sc1ccc(Br)cc1)NCCS(C)(=O)=O. The van der Waals surface area contributed by atoms with Crippen LogP contribution in [0.2, 0.25) is 0 Å². The van der Waals surface area contributed by atoms with E-state index in [1.54, 1.807) is 11.8 Å². The first-order valence-electron chi connectivity index (χ1n) is 7.76. The molecule has 5 nitrogen and oxygen atoms in total. The number of aliphatic imine (C=N–C) groups is 1. The molecule has 0 fully saturated rings. The number of sulfone groups is 1. The molecule has 0 aliphatic rings. The number of nitrogens with zero attached hydrogens (tertiary/aromatic N) is 1. The van der Waals surface area contributed by atoms with Crippen LogP contribution in [-0.4, -0.2) is 50.8 Å². The molecule has 0 atom stereocenters. The Hall–Kier alpha value is -0.730. The van der Waals surface area contributed by atoms with E-state index in [4.69, 9.17) is 0 Å². The number of halogens is 1. The summed E-state index contributed by atoms with van der Waals surface area (Å²) in [6.45, 7) is 7.96. The van der Waals surface area contributed by atoms with Crippen LogP contribution in [0.15, 0.2) is 38.6 Å². The average Bonchev–Trinajstić information content (AvgIpc) is 2.46. The van der Waals surface area contributed by atoms with Gasteiger partial charge in [-0.1, -0.05) is 15.9 Å². The maximum Gasteiger partial charge on any atom is 0.191 e. The number of rotatable bonds is 8. The van der Waals surface area contributed by atoms with Crippen LogP contribution in [0.5, 0.6) is 0 Å². The Morgan fingerprint density at radius 1 is 1.25 bits per heavy atom. The molecule has 0 aliphatic heterocycles. The van der Waals surface area contributed by atoms with Crippen molar-refractivity contribution in [3.05, 3.63) is 28.7 Å². The van der Waals surface area contributed by atoms with Gasteiger partial charge in [0.15, 0.2) is 5.96 Å². The van der Waals surface area contributed by atoms with Crippen molar-refractivity contribution in [3.8, 4) is 0 Å². The molecule has 0 radical (unpaired) electrons. The highest BCUT2D eigenvalue weighted by atomic mass is 79.9. The molecule has 136 valence electrons. The van der Waals surface area contributed by atoms with Crippen LogP contribution >= 0.6 is 27.7 Å². The van der Waals surface area contributed by atoms with Crippen LogP contribution in [0.25, 0.3) is 0 Å². The van der Waals surface area contributed by atoms with Crippen molar-refractivity contribution in [1.82, 2.24) is 10.6 Å². The minimum absolute atomic E-state index is 0.0764. The molecular formula is C16H26BrN3O2S2. The lowest BCUT2D eigenvalue weighted by atomic mass is 10.2. The standard InChI is InChI=1S/C16H26BrN3O2S2/c1-5-18-15(19-10-11-24(4,21)22)20-12-16(2,3)23-14-8-6-13(17)7-9-14/h6-9H,5,10-12H2,1-4H3,(H2,18,19,20). The van der Waals surface area contributed by atoms with Crippen molar-refractivity contribution in [1.29, 1.82) is 0 Å². The average molecular weight is 436 g/mol. The zero-order valence-corrected chi connectivity index (χ0v) is 17.8. The minimum Gasteiger partial charge on any atom is -0.357 e. The Morgan fingerprint density at radius 2 is 1.88 bits per heavy atom. The number of thioether (sulfide) groups is 1. The van der Waals surface area contributed by atoms with Crippen LogP contribution in [0.4, 0.5) is 0 Å². The van der Waals surface area contributed by atoms with E-state index in [2.05, 4.69) is 57.5 Å². The summed E-state index contributed by atoms with van der Waals surface area (Å²) in [6.07, 6.45) is 1.23.